The fourth-order valence-corrected chi connectivity index (χ4v) is 2.13. The maximum absolute atomic E-state index is 13.4. The van der Waals surface area contributed by atoms with Crippen LogP contribution in [-0.2, 0) is 11.2 Å². The Labute approximate surface area is 121 Å². The summed E-state index contributed by atoms with van der Waals surface area (Å²) in [5.41, 5.74) is 3.36. The molecule has 0 unspecified atom stereocenters. The van der Waals surface area contributed by atoms with Gasteiger partial charge in [0.25, 0.3) is 0 Å². The summed E-state index contributed by atoms with van der Waals surface area (Å²) in [5.74, 6) is -0.463. The minimum Gasteiger partial charge on any atom is -0.281 e. The van der Waals surface area contributed by atoms with E-state index in [1.54, 1.807) is 6.07 Å². The fraction of sp³-hybridized carbons (Fsp3) is 0.133. The number of benzene rings is 2. The van der Waals surface area contributed by atoms with Gasteiger partial charge < -0.3 is 0 Å². The molecular weight excluding hydrogens is 286 g/mol. The number of halogens is 3. The summed E-state index contributed by atoms with van der Waals surface area (Å²) in [7, 11) is 0. The van der Waals surface area contributed by atoms with Crippen molar-refractivity contribution in [1.29, 1.82) is 0 Å². The van der Waals surface area contributed by atoms with E-state index in [-0.39, 0.29) is 11.4 Å². The first-order valence-corrected chi connectivity index (χ1v) is 6.46. The van der Waals surface area contributed by atoms with Crippen LogP contribution in [0.25, 0.3) is 11.1 Å². The van der Waals surface area contributed by atoms with Crippen molar-refractivity contribution in [2.75, 3.05) is 0 Å². The van der Waals surface area contributed by atoms with Crippen LogP contribution in [-0.4, -0.2) is 5.24 Å². The van der Waals surface area contributed by atoms with Crippen LogP contribution >= 0.6 is 23.2 Å². The molecule has 4 heteroatoms. The van der Waals surface area contributed by atoms with E-state index in [0.29, 0.717) is 5.56 Å². The summed E-state index contributed by atoms with van der Waals surface area (Å²) in [6.45, 7) is 1.90. The van der Waals surface area contributed by atoms with E-state index in [2.05, 4.69) is 0 Å². The zero-order valence-electron chi connectivity index (χ0n) is 10.2. The van der Waals surface area contributed by atoms with Gasteiger partial charge in [0, 0.05) is 6.42 Å². The molecule has 0 aromatic heterocycles. The van der Waals surface area contributed by atoms with E-state index in [1.165, 1.54) is 12.1 Å². The van der Waals surface area contributed by atoms with Gasteiger partial charge in [-0.2, -0.15) is 0 Å². The lowest BCUT2D eigenvalue weighted by Crippen LogP contribution is -1.97. The smallest absolute Gasteiger partial charge is 0.226 e. The SMILES string of the molecule is Cc1ccc(-c2ccc(Cl)c(F)c2)cc1CC(=O)Cl. The first-order chi connectivity index (χ1) is 8.97. The van der Waals surface area contributed by atoms with Gasteiger partial charge in [0.15, 0.2) is 0 Å². The van der Waals surface area contributed by atoms with Crippen LogP contribution < -0.4 is 0 Å². The van der Waals surface area contributed by atoms with Crippen molar-refractivity contribution in [3.8, 4) is 11.1 Å². The Kier molecular flexibility index (Phi) is 4.23. The van der Waals surface area contributed by atoms with Gasteiger partial charge >= 0.3 is 0 Å². The molecule has 0 aliphatic heterocycles. The maximum Gasteiger partial charge on any atom is 0.226 e. The summed E-state index contributed by atoms with van der Waals surface area (Å²) in [5, 5.41) is -0.324. The van der Waals surface area contributed by atoms with Gasteiger partial charge in [0.1, 0.15) is 5.82 Å². The quantitative estimate of drug-likeness (QED) is 0.746. The predicted molar refractivity (Wildman–Crippen MR) is 76.1 cm³/mol. The highest BCUT2D eigenvalue weighted by atomic mass is 35.5. The van der Waals surface area contributed by atoms with E-state index >= 15 is 0 Å². The average molecular weight is 297 g/mol. The molecule has 0 spiro atoms. The lowest BCUT2D eigenvalue weighted by molar-refractivity contribution is -0.111. The summed E-state index contributed by atoms with van der Waals surface area (Å²) < 4.78 is 13.4. The number of hydrogen-bond acceptors (Lipinski definition) is 1. The number of carbonyl (C=O) groups is 1. The van der Waals surface area contributed by atoms with E-state index < -0.39 is 11.1 Å². The molecule has 0 N–H and O–H groups in total. The molecule has 0 radical (unpaired) electrons. The topological polar surface area (TPSA) is 17.1 Å². The summed E-state index contributed by atoms with van der Waals surface area (Å²) in [4.78, 5) is 11.0. The predicted octanol–water partition coefficient (Wildman–Crippen LogP) is 4.76. The normalized spacial score (nSPS) is 10.5. The van der Waals surface area contributed by atoms with Gasteiger partial charge in [0.2, 0.25) is 5.24 Å². The molecule has 0 saturated heterocycles. The van der Waals surface area contributed by atoms with Gasteiger partial charge in [-0.25, -0.2) is 4.39 Å². The largest absolute Gasteiger partial charge is 0.281 e. The molecule has 2 rings (SSSR count). The van der Waals surface area contributed by atoms with E-state index in [1.807, 2.05) is 25.1 Å². The van der Waals surface area contributed by atoms with Crippen LogP contribution in [0.3, 0.4) is 0 Å². The Hall–Kier alpha value is -1.38. The first-order valence-electron chi connectivity index (χ1n) is 5.70. The monoisotopic (exact) mass is 296 g/mol. The van der Waals surface area contributed by atoms with Crippen molar-refractivity contribution in [3.05, 3.63) is 58.4 Å². The first kappa shape index (κ1) is 14.0. The van der Waals surface area contributed by atoms with Crippen LogP contribution in [0, 0.1) is 12.7 Å². The molecule has 98 valence electrons. The third-order valence-electron chi connectivity index (χ3n) is 2.93. The molecule has 0 heterocycles. The lowest BCUT2D eigenvalue weighted by atomic mass is 9.98. The highest BCUT2D eigenvalue weighted by Crippen LogP contribution is 2.26. The second-order valence-electron chi connectivity index (χ2n) is 4.30. The van der Waals surface area contributed by atoms with Gasteiger partial charge in [-0.1, -0.05) is 35.9 Å². The summed E-state index contributed by atoms with van der Waals surface area (Å²) >= 11 is 11.1. The number of hydrogen-bond donors (Lipinski definition) is 0. The number of aryl methyl sites for hydroxylation is 1. The molecule has 1 nitrogen and oxygen atoms in total. The highest BCUT2D eigenvalue weighted by Gasteiger charge is 2.08. The standard InChI is InChI=1S/C15H11Cl2FO/c1-9-2-3-10(6-12(9)8-15(17)19)11-4-5-13(16)14(18)7-11/h2-7H,8H2,1H3. The Bertz CT molecular complexity index is 638. The molecule has 0 aliphatic carbocycles. The molecule has 0 bridgehead atoms. The van der Waals surface area contributed by atoms with E-state index in [0.717, 1.165) is 16.7 Å². The molecule has 19 heavy (non-hydrogen) atoms. The van der Waals surface area contributed by atoms with Crippen molar-refractivity contribution in [2.45, 2.75) is 13.3 Å². The lowest BCUT2D eigenvalue weighted by Gasteiger charge is -2.08. The van der Waals surface area contributed by atoms with Crippen LogP contribution in [0.5, 0.6) is 0 Å². The second kappa shape index (κ2) is 5.72. The van der Waals surface area contributed by atoms with Gasteiger partial charge in [-0.15, -0.1) is 0 Å². The van der Waals surface area contributed by atoms with Crippen LogP contribution in [0.2, 0.25) is 5.02 Å². The van der Waals surface area contributed by atoms with Crippen LogP contribution in [0.15, 0.2) is 36.4 Å². The summed E-state index contributed by atoms with van der Waals surface area (Å²) in [6, 6.07) is 10.2. The molecule has 2 aromatic carbocycles. The molecule has 0 aliphatic rings. The van der Waals surface area contributed by atoms with Crippen molar-refractivity contribution in [1.82, 2.24) is 0 Å². The summed E-state index contributed by atoms with van der Waals surface area (Å²) in [6.07, 6.45) is 0.164. The van der Waals surface area contributed by atoms with Gasteiger partial charge in [-0.3, -0.25) is 4.79 Å². The third-order valence-corrected chi connectivity index (χ3v) is 3.37. The third kappa shape index (κ3) is 3.34. The van der Waals surface area contributed by atoms with Crippen LogP contribution in [0.4, 0.5) is 4.39 Å². The fourth-order valence-electron chi connectivity index (χ4n) is 1.87. The molecule has 0 saturated carbocycles. The minimum absolute atomic E-state index is 0.0898. The molecule has 0 amide bonds. The maximum atomic E-state index is 13.4. The Morgan fingerprint density at radius 2 is 1.79 bits per heavy atom. The van der Waals surface area contributed by atoms with Crippen molar-refractivity contribution >= 4 is 28.4 Å². The Morgan fingerprint density at radius 1 is 1.16 bits per heavy atom. The average Bonchev–Trinajstić information content (AvgIpc) is 2.35. The van der Waals surface area contributed by atoms with E-state index in [9.17, 15) is 9.18 Å². The van der Waals surface area contributed by atoms with Gasteiger partial charge in [-0.05, 0) is 52.9 Å². The second-order valence-corrected chi connectivity index (χ2v) is 5.13. The van der Waals surface area contributed by atoms with Crippen molar-refractivity contribution in [2.24, 2.45) is 0 Å². The Morgan fingerprint density at radius 3 is 2.42 bits per heavy atom. The van der Waals surface area contributed by atoms with Crippen molar-refractivity contribution < 1.29 is 9.18 Å². The van der Waals surface area contributed by atoms with E-state index in [4.69, 9.17) is 23.2 Å². The molecule has 0 fully saturated rings. The van der Waals surface area contributed by atoms with Crippen LogP contribution in [0.1, 0.15) is 11.1 Å². The van der Waals surface area contributed by atoms with Crippen molar-refractivity contribution in [3.63, 3.8) is 0 Å². The zero-order valence-corrected chi connectivity index (χ0v) is 11.7. The zero-order chi connectivity index (χ0) is 14.0. The molecule has 2 aromatic rings. The molecular formula is C15H11Cl2FO. The number of rotatable bonds is 3. The minimum atomic E-state index is -0.463. The Balaban J connectivity index is 2.44. The highest BCUT2D eigenvalue weighted by molar-refractivity contribution is 6.63. The van der Waals surface area contributed by atoms with Gasteiger partial charge in [0.05, 0.1) is 5.02 Å². The molecule has 0 atom stereocenters. The number of carbonyl (C=O) groups excluding carboxylic acids is 1.